The second-order valence-corrected chi connectivity index (χ2v) is 11.5. The molecule has 11 heteroatoms. The minimum atomic E-state index is -4.66. The first-order valence-electron chi connectivity index (χ1n) is 13.4. The van der Waals surface area contributed by atoms with E-state index in [2.05, 4.69) is 0 Å². The van der Waals surface area contributed by atoms with Crippen LogP contribution in [0.4, 0.5) is 43.4 Å². The lowest BCUT2D eigenvalue weighted by atomic mass is 9.84. The number of anilines is 3. The highest BCUT2D eigenvalue weighted by Gasteiger charge is 2.34. The third-order valence-corrected chi connectivity index (χ3v) is 6.23. The fourth-order valence-corrected chi connectivity index (χ4v) is 4.18. The Morgan fingerprint density at radius 3 is 1.19 bits per heavy atom. The number of hydrogen-bond acceptors (Lipinski definition) is 5. The van der Waals surface area contributed by atoms with E-state index in [1.807, 2.05) is 20.8 Å². The maximum absolute atomic E-state index is 13.6. The number of hydrogen-bond donors (Lipinski definition) is 0. The summed E-state index contributed by atoms with van der Waals surface area (Å²) in [6, 6.07) is 10.6. The summed E-state index contributed by atoms with van der Waals surface area (Å²) in [5, 5.41) is 0. The average Bonchev–Trinajstić information content (AvgIpc) is 2.87. The first-order chi connectivity index (χ1) is 19.7. The molecule has 5 nitrogen and oxygen atoms in total. The second-order valence-electron chi connectivity index (χ2n) is 11.5. The van der Waals surface area contributed by atoms with Crippen LogP contribution in [0.2, 0.25) is 0 Å². The molecule has 0 atom stereocenters. The van der Waals surface area contributed by atoms with Gasteiger partial charge in [-0.15, -0.1) is 0 Å². The molecule has 0 heterocycles. The van der Waals surface area contributed by atoms with Gasteiger partial charge in [0, 0.05) is 11.4 Å². The molecule has 0 aliphatic rings. The Hall–Kier alpha value is -4.02. The predicted octanol–water partition coefficient (Wildman–Crippen LogP) is 9.62. The average molecular weight is 610 g/mol. The van der Waals surface area contributed by atoms with Crippen molar-refractivity contribution in [3.05, 3.63) is 88.5 Å². The van der Waals surface area contributed by atoms with Gasteiger partial charge in [0.15, 0.2) is 0 Å². The lowest BCUT2D eigenvalue weighted by Gasteiger charge is -2.31. The van der Waals surface area contributed by atoms with E-state index in [0.29, 0.717) is 5.56 Å². The number of carbonyl (C=O) groups is 2. The molecule has 0 fully saturated rings. The molecule has 0 saturated carbocycles. The molecule has 3 rings (SSSR count). The molecule has 232 valence electrons. The fraction of sp³-hybridized carbons (Fsp3) is 0.375. The van der Waals surface area contributed by atoms with E-state index in [0.717, 1.165) is 48.5 Å². The summed E-state index contributed by atoms with van der Waals surface area (Å²) in [5.74, 6) is -1.70. The number of carbonyl (C=O) groups excluding carboxylic acids is 2. The normalized spacial score (nSPS) is 12.4. The number of ether oxygens (including phenoxy) is 2. The van der Waals surface area contributed by atoms with E-state index in [4.69, 9.17) is 9.47 Å². The molecule has 0 saturated heterocycles. The molecule has 0 bridgehead atoms. The Balaban J connectivity index is 2.48. The van der Waals surface area contributed by atoms with E-state index >= 15 is 0 Å². The molecule has 3 aromatic carbocycles. The van der Waals surface area contributed by atoms with Crippen molar-refractivity contribution < 1.29 is 45.4 Å². The maximum Gasteiger partial charge on any atom is 0.416 e. The molecule has 0 aliphatic heterocycles. The van der Waals surface area contributed by atoms with Crippen molar-refractivity contribution in [1.82, 2.24) is 0 Å². The van der Waals surface area contributed by atoms with Crippen molar-refractivity contribution in [2.75, 3.05) is 4.90 Å². The Morgan fingerprint density at radius 1 is 0.605 bits per heavy atom. The van der Waals surface area contributed by atoms with Gasteiger partial charge in [-0.25, -0.2) is 9.59 Å². The molecular formula is C32H33F6NO4. The van der Waals surface area contributed by atoms with Crippen LogP contribution in [-0.4, -0.2) is 24.1 Å². The molecule has 0 aromatic heterocycles. The van der Waals surface area contributed by atoms with Crippen LogP contribution in [0.5, 0.6) is 0 Å². The highest BCUT2D eigenvalue weighted by atomic mass is 19.4. The standard InChI is InChI=1S/C32H33F6NO4/c1-18(2)42-28(40)25-16-22(30(5,6)7)17-26(29(41)43-19(3)4)27(25)39(23-12-8-20(9-13-23)31(33,34)35)24-14-10-21(11-15-24)32(36,37)38/h8-19H,1-7H3. The topological polar surface area (TPSA) is 55.8 Å². The number of nitrogens with zero attached hydrogens (tertiary/aromatic N) is 1. The van der Waals surface area contributed by atoms with Gasteiger partial charge >= 0.3 is 24.3 Å². The van der Waals surface area contributed by atoms with Gasteiger partial charge in [-0.3, -0.25) is 0 Å². The van der Waals surface area contributed by atoms with Gasteiger partial charge in [0.25, 0.3) is 0 Å². The third kappa shape index (κ3) is 8.09. The summed E-state index contributed by atoms with van der Waals surface area (Å²) in [4.78, 5) is 28.4. The molecule has 43 heavy (non-hydrogen) atoms. The summed E-state index contributed by atoms with van der Waals surface area (Å²) < 4.78 is 91.5. The van der Waals surface area contributed by atoms with E-state index in [1.54, 1.807) is 27.7 Å². The van der Waals surface area contributed by atoms with Crippen LogP contribution in [0.15, 0.2) is 60.7 Å². The summed E-state index contributed by atoms with van der Waals surface area (Å²) in [6.45, 7) is 12.0. The highest BCUT2D eigenvalue weighted by Crippen LogP contribution is 2.43. The van der Waals surface area contributed by atoms with Gasteiger partial charge in [-0.1, -0.05) is 20.8 Å². The molecule has 0 unspecified atom stereocenters. The first kappa shape index (κ1) is 33.5. The monoisotopic (exact) mass is 609 g/mol. The lowest BCUT2D eigenvalue weighted by molar-refractivity contribution is -0.138. The Bertz CT molecular complexity index is 1350. The highest BCUT2D eigenvalue weighted by molar-refractivity contribution is 6.08. The quantitative estimate of drug-likeness (QED) is 0.197. The number of alkyl halides is 6. The summed E-state index contributed by atoms with van der Waals surface area (Å²) in [7, 11) is 0. The van der Waals surface area contributed by atoms with Crippen LogP contribution >= 0.6 is 0 Å². The zero-order chi connectivity index (χ0) is 32.5. The predicted molar refractivity (Wildman–Crippen MR) is 151 cm³/mol. The van der Waals surface area contributed by atoms with E-state index in [9.17, 15) is 35.9 Å². The SMILES string of the molecule is CC(C)OC(=O)c1cc(C(C)(C)C)cc(C(=O)OC(C)C)c1N(c1ccc(C(F)(F)F)cc1)c1ccc(C(F)(F)F)cc1. The summed E-state index contributed by atoms with van der Waals surface area (Å²) >= 11 is 0. The van der Waals surface area contributed by atoms with Gasteiger partial charge in [0.2, 0.25) is 0 Å². The molecule has 0 radical (unpaired) electrons. The van der Waals surface area contributed by atoms with Crippen molar-refractivity contribution in [3.8, 4) is 0 Å². The molecular weight excluding hydrogens is 576 g/mol. The summed E-state index contributed by atoms with van der Waals surface area (Å²) in [5.41, 5.74) is -2.29. The van der Waals surface area contributed by atoms with E-state index in [1.165, 1.54) is 17.0 Å². The second kappa shape index (κ2) is 12.3. The number of halogens is 6. The fourth-order valence-electron chi connectivity index (χ4n) is 4.18. The minimum absolute atomic E-state index is 0.0356. The number of benzene rings is 3. The van der Waals surface area contributed by atoms with Crippen LogP contribution < -0.4 is 4.90 Å². The molecule has 0 N–H and O–H groups in total. The number of rotatable bonds is 7. The van der Waals surface area contributed by atoms with Crippen LogP contribution in [0.1, 0.15) is 85.9 Å². The van der Waals surface area contributed by atoms with Crippen LogP contribution in [0.25, 0.3) is 0 Å². The molecule has 0 aliphatic carbocycles. The smallest absolute Gasteiger partial charge is 0.416 e. The zero-order valence-corrected chi connectivity index (χ0v) is 24.8. The van der Waals surface area contributed by atoms with E-state index < -0.39 is 53.0 Å². The molecule has 3 aromatic rings. The van der Waals surface area contributed by atoms with Gasteiger partial charge in [0.1, 0.15) is 0 Å². The van der Waals surface area contributed by atoms with Crippen LogP contribution in [0.3, 0.4) is 0 Å². The lowest BCUT2D eigenvalue weighted by Crippen LogP contribution is -2.24. The maximum atomic E-state index is 13.6. The van der Waals surface area contributed by atoms with Gasteiger partial charge < -0.3 is 14.4 Å². The third-order valence-electron chi connectivity index (χ3n) is 6.23. The van der Waals surface area contributed by atoms with Crippen LogP contribution in [0, 0.1) is 0 Å². The van der Waals surface area contributed by atoms with Crippen molar-refractivity contribution in [2.24, 2.45) is 0 Å². The van der Waals surface area contributed by atoms with Gasteiger partial charge in [0.05, 0.1) is 40.1 Å². The Morgan fingerprint density at radius 2 is 0.930 bits per heavy atom. The van der Waals surface area contributed by atoms with Crippen molar-refractivity contribution in [2.45, 2.75) is 78.4 Å². The molecule has 0 amide bonds. The van der Waals surface area contributed by atoms with Crippen LogP contribution in [-0.2, 0) is 27.2 Å². The Labute approximate surface area is 246 Å². The van der Waals surface area contributed by atoms with Crippen molar-refractivity contribution >= 4 is 29.0 Å². The Kier molecular flexibility index (Phi) is 9.58. The summed E-state index contributed by atoms with van der Waals surface area (Å²) in [6.07, 6.45) is -10.5. The molecule has 0 spiro atoms. The van der Waals surface area contributed by atoms with E-state index in [-0.39, 0.29) is 28.2 Å². The zero-order valence-electron chi connectivity index (χ0n) is 24.8. The van der Waals surface area contributed by atoms with Crippen molar-refractivity contribution in [3.63, 3.8) is 0 Å². The van der Waals surface area contributed by atoms with Gasteiger partial charge in [-0.2, -0.15) is 26.3 Å². The largest absolute Gasteiger partial charge is 0.459 e. The van der Waals surface area contributed by atoms with Gasteiger partial charge in [-0.05, 0) is 99.3 Å². The first-order valence-corrected chi connectivity index (χ1v) is 13.4. The minimum Gasteiger partial charge on any atom is -0.459 e. The number of esters is 2. The van der Waals surface area contributed by atoms with Crippen molar-refractivity contribution in [1.29, 1.82) is 0 Å².